The van der Waals surface area contributed by atoms with Gasteiger partial charge in [-0.05, 0) is 35.9 Å². The van der Waals surface area contributed by atoms with Crippen molar-refractivity contribution in [2.45, 2.75) is 0 Å². The van der Waals surface area contributed by atoms with Gasteiger partial charge in [-0.1, -0.05) is 42.5 Å². The molecule has 0 radical (unpaired) electrons. The van der Waals surface area contributed by atoms with Crippen LogP contribution in [0.1, 0.15) is 10.4 Å². The minimum absolute atomic E-state index is 0.458. The number of aromatic nitrogens is 4. The van der Waals surface area contributed by atoms with Crippen LogP contribution in [0.2, 0.25) is 0 Å². The minimum atomic E-state index is -0.461. The highest BCUT2D eigenvalue weighted by Crippen LogP contribution is 2.32. The van der Waals surface area contributed by atoms with Crippen LogP contribution in [0, 0.1) is 0 Å². The topological polar surface area (TPSA) is 102 Å². The number of para-hydroxylation sites is 3. The van der Waals surface area contributed by atoms with E-state index in [0.717, 1.165) is 71.3 Å². The molecule has 1 amide bonds. The Morgan fingerprint density at radius 3 is 2.39 bits per heavy atom. The number of ether oxygens (including phenoxy) is 1. The molecule has 0 saturated carbocycles. The minimum Gasteiger partial charge on any atom is -0.495 e. The van der Waals surface area contributed by atoms with Gasteiger partial charge in [-0.25, -0.2) is 14.6 Å². The number of anilines is 2. The Bertz CT molecular complexity index is 1620. The number of carbonyl (C=O) groups is 1. The number of nitrogens with zero attached hydrogens (tertiary/aromatic N) is 6. The summed E-state index contributed by atoms with van der Waals surface area (Å²) in [5.74, 6) is 1.29. The predicted octanol–water partition coefficient (Wildman–Crippen LogP) is 3.92. The Hall–Kier alpha value is -4.92. The lowest BCUT2D eigenvalue weighted by Gasteiger charge is -2.37. The van der Waals surface area contributed by atoms with Crippen LogP contribution in [0.25, 0.3) is 27.8 Å². The molecule has 9 nitrogen and oxygen atoms in total. The van der Waals surface area contributed by atoms with Crippen LogP contribution in [-0.2, 0) is 0 Å². The number of fused-ring (bicyclic) bond motifs is 1. The fourth-order valence-corrected chi connectivity index (χ4v) is 5.05. The van der Waals surface area contributed by atoms with Gasteiger partial charge in [0.15, 0.2) is 5.65 Å². The van der Waals surface area contributed by atoms with Gasteiger partial charge < -0.3 is 20.3 Å². The largest absolute Gasteiger partial charge is 0.495 e. The molecule has 2 N–H and O–H groups in total. The molecule has 1 aliphatic heterocycles. The van der Waals surface area contributed by atoms with Crippen molar-refractivity contribution >= 4 is 28.4 Å². The van der Waals surface area contributed by atoms with E-state index in [4.69, 9.17) is 15.6 Å². The maximum Gasteiger partial charge on any atom is 0.248 e. The first-order valence-corrected chi connectivity index (χ1v) is 12.5. The maximum atomic E-state index is 11.8. The molecule has 5 aromatic rings. The monoisotopic (exact) mass is 505 g/mol. The van der Waals surface area contributed by atoms with Crippen LogP contribution in [0.15, 0.2) is 85.3 Å². The van der Waals surface area contributed by atoms with E-state index in [-0.39, 0.29) is 0 Å². The fourth-order valence-electron chi connectivity index (χ4n) is 5.05. The van der Waals surface area contributed by atoms with Crippen molar-refractivity contribution < 1.29 is 9.53 Å². The first kappa shape index (κ1) is 23.5. The third-order valence-corrected chi connectivity index (χ3v) is 6.94. The van der Waals surface area contributed by atoms with E-state index < -0.39 is 5.91 Å². The molecule has 0 spiro atoms. The third-order valence-electron chi connectivity index (χ3n) is 6.94. The molecule has 3 aromatic carbocycles. The highest BCUT2D eigenvalue weighted by atomic mass is 16.5. The number of piperazine rings is 1. The molecule has 1 fully saturated rings. The average Bonchev–Trinajstić information content (AvgIpc) is 3.41. The predicted molar refractivity (Wildman–Crippen MR) is 148 cm³/mol. The van der Waals surface area contributed by atoms with Crippen molar-refractivity contribution in [1.29, 1.82) is 0 Å². The second-order valence-electron chi connectivity index (χ2n) is 9.10. The number of rotatable bonds is 6. The lowest BCUT2D eigenvalue weighted by molar-refractivity contribution is 0.100. The highest BCUT2D eigenvalue weighted by Gasteiger charge is 2.23. The lowest BCUT2D eigenvalue weighted by atomic mass is 10.0. The van der Waals surface area contributed by atoms with Gasteiger partial charge in [0, 0.05) is 37.3 Å². The van der Waals surface area contributed by atoms with Gasteiger partial charge in [0.2, 0.25) is 5.91 Å². The number of primary amides is 1. The Labute approximate surface area is 220 Å². The Balaban J connectivity index is 1.32. The second kappa shape index (κ2) is 9.85. The molecule has 0 atom stereocenters. The van der Waals surface area contributed by atoms with Gasteiger partial charge in [-0.3, -0.25) is 4.79 Å². The molecule has 0 unspecified atom stereocenters. The van der Waals surface area contributed by atoms with Gasteiger partial charge in [-0.2, -0.15) is 5.10 Å². The first-order chi connectivity index (χ1) is 18.6. The van der Waals surface area contributed by atoms with E-state index in [9.17, 15) is 4.79 Å². The lowest BCUT2D eigenvalue weighted by Crippen LogP contribution is -2.47. The number of nitrogens with two attached hydrogens (primary N) is 1. The van der Waals surface area contributed by atoms with Gasteiger partial charge in [0.1, 0.15) is 17.9 Å². The van der Waals surface area contributed by atoms with Gasteiger partial charge >= 0.3 is 0 Å². The number of amides is 1. The molecule has 6 rings (SSSR count). The zero-order valence-electron chi connectivity index (χ0n) is 21.0. The molecule has 2 aromatic heterocycles. The van der Waals surface area contributed by atoms with Crippen LogP contribution in [0.4, 0.5) is 11.5 Å². The maximum absolute atomic E-state index is 11.8. The van der Waals surface area contributed by atoms with Crippen molar-refractivity contribution in [3.8, 4) is 22.6 Å². The number of carbonyl (C=O) groups excluding carboxylic acids is 1. The highest BCUT2D eigenvalue weighted by molar-refractivity contribution is 5.95. The number of methoxy groups -OCH3 is 1. The van der Waals surface area contributed by atoms with E-state index >= 15 is 0 Å². The van der Waals surface area contributed by atoms with Crippen LogP contribution in [0.3, 0.4) is 0 Å². The van der Waals surface area contributed by atoms with Crippen molar-refractivity contribution in [2.24, 2.45) is 5.73 Å². The Kier molecular flexibility index (Phi) is 6.09. The molecular weight excluding hydrogens is 478 g/mol. The van der Waals surface area contributed by atoms with Crippen LogP contribution >= 0.6 is 0 Å². The smallest absolute Gasteiger partial charge is 0.248 e. The first-order valence-electron chi connectivity index (χ1n) is 12.5. The van der Waals surface area contributed by atoms with Crippen LogP contribution in [0.5, 0.6) is 5.75 Å². The molecule has 0 aliphatic carbocycles. The Morgan fingerprint density at radius 1 is 0.868 bits per heavy atom. The molecule has 38 heavy (non-hydrogen) atoms. The SMILES string of the molecule is COc1ccccc1N1CCN(c2ncnc3c2cnn3-c2ccccc2-c2cccc(C(N)=O)c2)CC1. The zero-order chi connectivity index (χ0) is 26.1. The van der Waals surface area contributed by atoms with E-state index in [0.29, 0.717) is 5.56 Å². The van der Waals surface area contributed by atoms with Crippen molar-refractivity contribution in [1.82, 2.24) is 19.7 Å². The summed E-state index contributed by atoms with van der Waals surface area (Å²) in [6.07, 6.45) is 3.42. The molecule has 3 heterocycles. The molecular formula is C29H27N7O2. The number of hydrogen-bond acceptors (Lipinski definition) is 7. The number of benzene rings is 3. The summed E-state index contributed by atoms with van der Waals surface area (Å²) in [6.45, 7) is 3.32. The van der Waals surface area contributed by atoms with Crippen molar-refractivity contribution in [3.05, 3.63) is 90.9 Å². The summed E-state index contributed by atoms with van der Waals surface area (Å²) in [5.41, 5.74) is 10.5. The van der Waals surface area contributed by atoms with Crippen LogP contribution in [-0.4, -0.2) is 58.9 Å². The summed E-state index contributed by atoms with van der Waals surface area (Å²) in [7, 11) is 1.71. The van der Waals surface area contributed by atoms with E-state index in [1.165, 1.54) is 0 Å². The average molecular weight is 506 g/mol. The quantitative estimate of drug-likeness (QED) is 0.373. The van der Waals surface area contributed by atoms with Crippen molar-refractivity contribution in [2.75, 3.05) is 43.1 Å². The Morgan fingerprint density at radius 2 is 1.61 bits per heavy atom. The van der Waals surface area contributed by atoms with E-state index in [2.05, 4.69) is 25.8 Å². The van der Waals surface area contributed by atoms with Crippen molar-refractivity contribution in [3.63, 3.8) is 0 Å². The molecule has 9 heteroatoms. The van der Waals surface area contributed by atoms with Crippen LogP contribution < -0.4 is 20.3 Å². The van der Waals surface area contributed by atoms with Gasteiger partial charge in [0.05, 0.1) is 30.1 Å². The summed E-state index contributed by atoms with van der Waals surface area (Å²) in [4.78, 5) is 25.6. The standard InChI is InChI=1S/C29H27N7O2/c1-38-26-12-5-4-11-25(26)34-13-15-35(16-14-34)28-23-18-33-36(29(23)32-19-31-28)24-10-3-2-9-22(24)20-7-6-8-21(17-20)27(30)37/h2-12,17-19H,13-16H2,1H3,(H2,30,37). The van der Waals surface area contributed by atoms with Gasteiger partial charge in [-0.15, -0.1) is 0 Å². The summed E-state index contributed by atoms with van der Waals surface area (Å²) in [5, 5.41) is 5.61. The zero-order valence-corrected chi connectivity index (χ0v) is 21.0. The normalized spacial score (nSPS) is 13.6. The summed E-state index contributed by atoms with van der Waals surface area (Å²) >= 11 is 0. The fraction of sp³-hybridized carbons (Fsp3) is 0.172. The molecule has 1 aliphatic rings. The second-order valence-corrected chi connectivity index (χ2v) is 9.10. The van der Waals surface area contributed by atoms with Gasteiger partial charge in [0.25, 0.3) is 0 Å². The molecule has 190 valence electrons. The molecule has 1 saturated heterocycles. The third kappa shape index (κ3) is 4.17. The van der Waals surface area contributed by atoms with E-state index in [1.54, 1.807) is 25.6 Å². The summed E-state index contributed by atoms with van der Waals surface area (Å²) in [6, 6.07) is 23.3. The number of hydrogen-bond donors (Lipinski definition) is 1. The molecule has 0 bridgehead atoms. The van der Waals surface area contributed by atoms with E-state index in [1.807, 2.05) is 65.5 Å². The summed E-state index contributed by atoms with van der Waals surface area (Å²) < 4.78 is 7.39.